The molecule has 1 aromatic heterocycles. The molecule has 3 fully saturated rings. The van der Waals surface area contributed by atoms with Crippen molar-refractivity contribution in [3.05, 3.63) is 49.6 Å². The van der Waals surface area contributed by atoms with Crippen LogP contribution in [0.3, 0.4) is 0 Å². The van der Waals surface area contributed by atoms with Crippen LogP contribution in [-0.2, 0) is 25.8 Å². The number of fused-ring (bicyclic) bond motifs is 2. The molecule has 0 radical (unpaired) electrons. The van der Waals surface area contributed by atoms with E-state index in [-0.39, 0.29) is 44.1 Å². The van der Waals surface area contributed by atoms with E-state index in [1.807, 2.05) is 31.2 Å². The van der Waals surface area contributed by atoms with Gasteiger partial charge in [-0.05, 0) is 37.8 Å². The molecule has 0 saturated carbocycles. The maximum absolute atomic E-state index is 14.4. The van der Waals surface area contributed by atoms with E-state index in [0.717, 1.165) is 11.9 Å². The zero-order valence-corrected chi connectivity index (χ0v) is 23.0. The Morgan fingerprint density at radius 2 is 1.95 bits per heavy atom. The molecule has 3 aliphatic heterocycles. The topological polar surface area (TPSA) is 121 Å². The standard InChI is InChI=1S/C29H38N6O5/c1-4-14-32(15-5-2)26(37)23-22-12-13-29(40-22)24(23)27(38)34(17-9-18-36)25(29)28(39)33(16-6-3)19-35-21-11-8-7-10-20(21)30-31-35/h4,6-8,10-11,22-25,36H,1,3,5,9,12-19H2,2H3/t22-,23+,24-,25?,29?/m0/s1. The number of aromatic nitrogens is 3. The van der Waals surface area contributed by atoms with Gasteiger partial charge in [0.25, 0.3) is 0 Å². The predicted molar refractivity (Wildman–Crippen MR) is 148 cm³/mol. The van der Waals surface area contributed by atoms with E-state index in [2.05, 4.69) is 23.5 Å². The fourth-order valence-electron chi connectivity index (χ4n) is 6.85. The number of hydrogen-bond donors (Lipinski definition) is 1. The van der Waals surface area contributed by atoms with Crippen LogP contribution in [0, 0.1) is 11.8 Å². The third kappa shape index (κ3) is 4.50. The zero-order valence-electron chi connectivity index (χ0n) is 23.0. The number of amides is 3. The van der Waals surface area contributed by atoms with E-state index >= 15 is 0 Å². The van der Waals surface area contributed by atoms with Gasteiger partial charge in [0.15, 0.2) is 0 Å². The second-order valence-corrected chi connectivity index (χ2v) is 10.8. The summed E-state index contributed by atoms with van der Waals surface area (Å²) < 4.78 is 8.22. The molecular weight excluding hydrogens is 512 g/mol. The summed E-state index contributed by atoms with van der Waals surface area (Å²) in [6, 6.07) is 6.57. The Morgan fingerprint density at radius 3 is 2.67 bits per heavy atom. The Kier molecular flexibility index (Phi) is 8.04. The highest BCUT2D eigenvalue weighted by atomic mass is 16.5. The number of nitrogens with zero attached hydrogens (tertiary/aromatic N) is 6. The molecule has 3 saturated heterocycles. The number of para-hydroxylation sites is 1. The molecule has 1 spiro atoms. The summed E-state index contributed by atoms with van der Waals surface area (Å²) in [6.45, 7) is 11.0. The molecule has 2 aromatic rings. The number of ether oxygens (including phenoxy) is 1. The maximum atomic E-state index is 14.4. The van der Waals surface area contributed by atoms with Crippen LogP contribution in [0.5, 0.6) is 0 Å². The van der Waals surface area contributed by atoms with Crippen molar-refractivity contribution in [2.75, 3.05) is 32.8 Å². The predicted octanol–water partition coefficient (Wildman–Crippen LogP) is 1.59. The zero-order chi connectivity index (χ0) is 28.4. The first kappa shape index (κ1) is 28.0. The fourth-order valence-corrected chi connectivity index (χ4v) is 6.85. The highest BCUT2D eigenvalue weighted by Gasteiger charge is 2.74. The van der Waals surface area contributed by atoms with Gasteiger partial charge >= 0.3 is 0 Å². The lowest BCUT2D eigenvalue weighted by Gasteiger charge is -2.36. The molecular formula is C29H38N6O5. The molecule has 3 aliphatic rings. The summed E-state index contributed by atoms with van der Waals surface area (Å²) in [6.07, 6.45) is 5.10. The number of likely N-dealkylation sites (tertiary alicyclic amines) is 1. The smallest absolute Gasteiger partial charge is 0.250 e. The first-order valence-electron chi connectivity index (χ1n) is 14.1. The molecule has 5 rings (SSSR count). The van der Waals surface area contributed by atoms with Crippen molar-refractivity contribution in [3.8, 4) is 0 Å². The Hall–Kier alpha value is -3.57. The molecule has 4 heterocycles. The van der Waals surface area contributed by atoms with E-state index in [4.69, 9.17) is 4.74 Å². The summed E-state index contributed by atoms with van der Waals surface area (Å²) >= 11 is 0. The van der Waals surface area contributed by atoms with Gasteiger partial charge in [-0.1, -0.05) is 36.4 Å². The number of benzene rings is 1. The molecule has 2 bridgehead atoms. The summed E-state index contributed by atoms with van der Waals surface area (Å²) in [7, 11) is 0. The van der Waals surface area contributed by atoms with Crippen LogP contribution in [0.1, 0.15) is 32.6 Å². The maximum Gasteiger partial charge on any atom is 0.250 e. The summed E-state index contributed by atoms with van der Waals surface area (Å²) in [5, 5.41) is 18.1. The van der Waals surface area contributed by atoms with Crippen molar-refractivity contribution in [3.63, 3.8) is 0 Å². The molecule has 1 N–H and O–H groups in total. The second kappa shape index (κ2) is 11.5. The summed E-state index contributed by atoms with van der Waals surface area (Å²) in [5.41, 5.74) is 0.384. The van der Waals surface area contributed by atoms with Crippen molar-refractivity contribution in [2.45, 2.75) is 57.0 Å². The Labute approximate surface area is 234 Å². The quantitative estimate of drug-likeness (QED) is 0.376. The number of aliphatic hydroxyl groups is 1. The van der Waals surface area contributed by atoms with Gasteiger partial charge in [-0.2, -0.15) is 0 Å². The Morgan fingerprint density at radius 1 is 1.20 bits per heavy atom. The van der Waals surface area contributed by atoms with Crippen molar-refractivity contribution < 1.29 is 24.2 Å². The molecule has 1 aromatic carbocycles. The van der Waals surface area contributed by atoms with Crippen LogP contribution in [0.25, 0.3) is 11.0 Å². The number of hydrogen-bond acceptors (Lipinski definition) is 7. The molecule has 2 unspecified atom stereocenters. The van der Waals surface area contributed by atoms with Gasteiger partial charge in [0.1, 0.15) is 23.8 Å². The largest absolute Gasteiger partial charge is 0.396 e. The first-order chi connectivity index (χ1) is 19.4. The summed E-state index contributed by atoms with van der Waals surface area (Å²) in [5.74, 6) is -2.09. The van der Waals surface area contributed by atoms with Gasteiger partial charge in [-0.3, -0.25) is 14.4 Å². The average molecular weight is 551 g/mol. The number of carbonyl (C=O) groups is 3. The van der Waals surface area contributed by atoms with Gasteiger partial charge in [0.05, 0.1) is 23.5 Å². The minimum Gasteiger partial charge on any atom is -0.396 e. The lowest BCUT2D eigenvalue weighted by Crippen LogP contribution is -2.56. The van der Waals surface area contributed by atoms with Crippen LogP contribution in [0.2, 0.25) is 0 Å². The van der Waals surface area contributed by atoms with Crippen LogP contribution >= 0.6 is 0 Å². The Bertz CT molecular complexity index is 1290. The van der Waals surface area contributed by atoms with Crippen LogP contribution in [-0.4, -0.2) is 103 Å². The van der Waals surface area contributed by atoms with Gasteiger partial charge in [0, 0.05) is 32.8 Å². The molecule has 0 aliphatic carbocycles. The number of rotatable bonds is 13. The second-order valence-electron chi connectivity index (χ2n) is 10.8. The molecule has 214 valence electrons. The monoisotopic (exact) mass is 550 g/mol. The normalized spacial score (nSPS) is 26.8. The molecule has 40 heavy (non-hydrogen) atoms. The van der Waals surface area contributed by atoms with E-state index in [1.165, 1.54) is 4.90 Å². The van der Waals surface area contributed by atoms with Crippen molar-refractivity contribution in [1.82, 2.24) is 29.7 Å². The van der Waals surface area contributed by atoms with Gasteiger partial charge in [-0.25, -0.2) is 4.68 Å². The lowest BCUT2D eigenvalue weighted by atomic mass is 9.70. The minimum atomic E-state index is -1.11. The average Bonchev–Trinajstić information content (AvgIpc) is 3.70. The van der Waals surface area contributed by atoms with E-state index < -0.39 is 29.6 Å². The van der Waals surface area contributed by atoms with Gasteiger partial charge < -0.3 is 24.5 Å². The SMILES string of the molecule is C=CCN(Cn1nnc2ccccc21)C(=O)C1N(CCCO)C(=O)[C@@H]2[C@H](C(=O)N(CC=C)CCC)[C@@H]3CCC12O3. The minimum absolute atomic E-state index is 0.111. The van der Waals surface area contributed by atoms with E-state index in [1.54, 1.807) is 26.6 Å². The first-order valence-corrected chi connectivity index (χ1v) is 14.1. The number of aliphatic hydroxyl groups excluding tert-OH is 1. The molecule has 5 atom stereocenters. The highest BCUT2D eigenvalue weighted by Crippen LogP contribution is 2.59. The van der Waals surface area contributed by atoms with Crippen LogP contribution < -0.4 is 0 Å². The summed E-state index contributed by atoms with van der Waals surface area (Å²) in [4.78, 5) is 47.2. The van der Waals surface area contributed by atoms with Crippen molar-refractivity contribution in [2.24, 2.45) is 11.8 Å². The third-order valence-corrected chi connectivity index (χ3v) is 8.42. The fraction of sp³-hybridized carbons (Fsp3) is 0.552. The van der Waals surface area contributed by atoms with Gasteiger partial charge in [0.2, 0.25) is 17.7 Å². The molecule has 11 heteroatoms. The van der Waals surface area contributed by atoms with Crippen LogP contribution in [0.4, 0.5) is 0 Å². The third-order valence-electron chi connectivity index (χ3n) is 8.42. The molecule has 3 amide bonds. The molecule has 11 nitrogen and oxygen atoms in total. The van der Waals surface area contributed by atoms with E-state index in [0.29, 0.717) is 37.9 Å². The van der Waals surface area contributed by atoms with Crippen molar-refractivity contribution >= 4 is 28.8 Å². The highest BCUT2D eigenvalue weighted by molar-refractivity contribution is 5.99. The Balaban J connectivity index is 1.50. The van der Waals surface area contributed by atoms with Crippen LogP contribution in [0.15, 0.2) is 49.6 Å². The van der Waals surface area contributed by atoms with Gasteiger partial charge in [-0.15, -0.1) is 18.3 Å². The number of carbonyl (C=O) groups excluding carboxylic acids is 3. The van der Waals surface area contributed by atoms with Crippen molar-refractivity contribution in [1.29, 1.82) is 0 Å². The lowest BCUT2D eigenvalue weighted by molar-refractivity contribution is -0.150. The van der Waals surface area contributed by atoms with E-state index in [9.17, 15) is 19.5 Å².